The van der Waals surface area contributed by atoms with Crippen molar-refractivity contribution in [3.8, 4) is 28.2 Å². The normalized spacial score (nSPS) is 11.6. The molecule has 0 aliphatic heterocycles. The Bertz CT molecular complexity index is 1460. The standard InChI is InChI=1S/C28H25Cl2FN2O3S/c1-5-36-27(34)18-11-9-17(14-23(18)37-4)16-10-12-22(20(30)13-16)33-15-24(28(2,3)35)32-26(33)25-19(29)7-6-8-21(25)31/h6-15,35H,5H2,1-4H3. The average molecular weight is 559 g/mol. The molecule has 0 amide bonds. The highest BCUT2D eigenvalue weighted by molar-refractivity contribution is 7.98. The molecule has 0 spiro atoms. The van der Waals surface area contributed by atoms with Crippen LogP contribution in [0, 0.1) is 5.82 Å². The van der Waals surface area contributed by atoms with E-state index in [1.165, 1.54) is 23.9 Å². The highest BCUT2D eigenvalue weighted by atomic mass is 35.5. The van der Waals surface area contributed by atoms with Crippen molar-refractivity contribution in [3.63, 3.8) is 0 Å². The molecule has 4 rings (SSSR count). The number of rotatable bonds is 7. The summed E-state index contributed by atoms with van der Waals surface area (Å²) in [7, 11) is 0. The van der Waals surface area contributed by atoms with Crippen LogP contribution in [0.3, 0.4) is 0 Å². The van der Waals surface area contributed by atoms with Crippen molar-refractivity contribution < 1.29 is 19.0 Å². The number of imidazole rings is 1. The van der Waals surface area contributed by atoms with Crippen LogP contribution in [0.5, 0.6) is 0 Å². The molecule has 0 aliphatic rings. The molecule has 0 aliphatic carbocycles. The summed E-state index contributed by atoms with van der Waals surface area (Å²) in [5, 5.41) is 11.2. The van der Waals surface area contributed by atoms with Crippen LogP contribution >= 0.6 is 35.0 Å². The van der Waals surface area contributed by atoms with Crippen LogP contribution in [0.4, 0.5) is 4.39 Å². The molecular weight excluding hydrogens is 534 g/mol. The smallest absolute Gasteiger partial charge is 0.339 e. The fourth-order valence-electron chi connectivity index (χ4n) is 3.88. The molecule has 0 unspecified atom stereocenters. The summed E-state index contributed by atoms with van der Waals surface area (Å²) < 4.78 is 21.6. The van der Waals surface area contributed by atoms with Crippen molar-refractivity contribution in [2.45, 2.75) is 31.3 Å². The van der Waals surface area contributed by atoms with Crippen LogP contribution in [0.2, 0.25) is 10.0 Å². The first-order valence-electron chi connectivity index (χ1n) is 11.5. The maximum Gasteiger partial charge on any atom is 0.339 e. The minimum Gasteiger partial charge on any atom is -0.462 e. The highest BCUT2D eigenvalue weighted by Gasteiger charge is 2.26. The van der Waals surface area contributed by atoms with Gasteiger partial charge in [-0.3, -0.25) is 4.57 Å². The first-order chi connectivity index (χ1) is 17.5. The number of aromatic nitrogens is 2. The Kier molecular flexibility index (Phi) is 7.99. The summed E-state index contributed by atoms with van der Waals surface area (Å²) in [5.41, 5.74) is 1.90. The number of ether oxygens (including phenoxy) is 1. The molecule has 5 nitrogen and oxygen atoms in total. The topological polar surface area (TPSA) is 64.3 Å². The first kappa shape index (κ1) is 27.2. The molecule has 1 N–H and O–H groups in total. The summed E-state index contributed by atoms with van der Waals surface area (Å²) in [5.74, 6) is -0.687. The molecule has 37 heavy (non-hydrogen) atoms. The molecule has 0 radical (unpaired) electrons. The SMILES string of the molecule is CCOC(=O)c1ccc(-c2ccc(-n3cc(C(C)(C)O)nc3-c3c(F)cccc3Cl)c(Cl)c2)cc1SC. The molecule has 4 aromatic rings. The maximum atomic E-state index is 14.9. The maximum absolute atomic E-state index is 14.9. The van der Waals surface area contributed by atoms with Crippen LogP contribution in [0.15, 0.2) is 65.7 Å². The first-order valence-corrected chi connectivity index (χ1v) is 13.4. The molecular formula is C28H25Cl2FN2O3S. The van der Waals surface area contributed by atoms with E-state index in [0.29, 0.717) is 28.6 Å². The number of thioether (sulfide) groups is 1. The van der Waals surface area contributed by atoms with Gasteiger partial charge in [-0.05, 0) is 74.6 Å². The number of hydrogen-bond acceptors (Lipinski definition) is 5. The molecule has 0 saturated heterocycles. The van der Waals surface area contributed by atoms with Gasteiger partial charge in [0.25, 0.3) is 0 Å². The van der Waals surface area contributed by atoms with Gasteiger partial charge in [-0.15, -0.1) is 11.8 Å². The van der Waals surface area contributed by atoms with Gasteiger partial charge >= 0.3 is 5.97 Å². The minimum atomic E-state index is -1.28. The van der Waals surface area contributed by atoms with Gasteiger partial charge in [-0.1, -0.05) is 41.4 Å². The molecule has 1 aromatic heterocycles. The predicted molar refractivity (Wildman–Crippen MR) is 147 cm³/mol. The van der Waals surface area contributed by atoms with E-state index < -0.39 is 11.4 Å². The lowest BCUT2D eigenvalue weighted by molar-refractivity contribution is 0.0522. The van der Waals surface area contributed by atoms with Crippen molar-refractivity contribution in [1.82, 2.24) is 9.55 Å². The van der Waals surface area contributed by atoms with E-state index in [2.05, 4.69) is 4.98 Å². The van der Waals surface area contributed by atoms with Gasteiger partial charge in [0.15, 0.2) is 0 Å². The Hall–Kier alpha value is -2.84. The van der Waals surface area contributed by atoms with Gasteiger partial charge in [0, 0.05) is 11.1 Å². The fourth-order valence-corrected chi connectivity index (χ4v) is 5.01. The Labute approximate surface area is 229 Å². The molecule has 0 saturated carbocycles. The zero-order valence-corrected chi connectivity index (χ0v) is 23.0. The Morgan fingerprint density at radius 3 is 2.43 bits per heavy atom. The third-order valence-electron chi connectivity index (χ3n) is 5.76. The lowest BCUT2D eigenvalue weighted by Crippen LogP contribution is -2.15. The van der Waals surface area contributed by atoms with Gasteiger partial charge < -0.3 is 9.84 Å². The lowest BCUT2D eigenvalue weighted by Gasteiger charge is -2.14. The molecule has 3 aromatic carbocycles. The predicted octanol–water partition coefficient (Wildman–Crippen LogP) is 7.78. The van der Waals surface area contributed by atoms with Gasteiger partial charge in [0.05, 0.1) is 39.2 Å². The van der Waals surface area contributed by atoms with Crippen LogP contribution < -0.4 is 0 Å². The van der Waals surface area contributed by atoms with E-state index in [9.17, 15) is 14.3 Å². The second kappa shape index (κ2) is 10.9. The van der Waals surface area contributed by atoms with Crippen LogP contribution in [-0.4, -0.2) is 33.5 Å². The quantitative estimate of drug-likeness (QED) is 0.185. The van der Waals surface area contributed by atoms with E-state index in [1.807, 2.05) is 24.5 Å². The number of hydrogen-bond donors (Lipinski definition) is 1. The van der Waals surface area contributed by atoms with E-state index in [4.69, 9.17) is 27.9 Å². The zero-order valence-electron chi connectivity index (χ0n) is 20.7. The summed E-state index contributed by atoms with van der Waals surface area (Å²) >= 11 is 14.6. The van der Waals surface area contributed by atoms with Crippen molar-refractivity contribution in [2.75, 3.05) is 12.9 Å². The number of halogens is 3. The van der Waals surface area contributed by atoms with Crippen molar-refractivity contribution in [1.29, 1.82) is 0 Å². The third-order valence-corrected chi connectivity index (χ3v) is 7.15. The Morgan fingerprint density at radius 1 is 1.11 bits per heavy atom. The van der Waals surface area contributed by atoms with Gasteiger partial charge in [0.2, 0.25) is 0 Å². The highest BCUT2D eigenvalue weighted by Crippen LogP contribution is 2.37. The van der Waals surface area contributed by atoms with Crippen LogP contribution in [0.1, 0.15) is 36.8 Å². The monoisotopic (exact) mass is 558 g/mol. The second-order valence-corrected chi connectivity index (χ2v) is 10.4. The molecule has 9 heteroatoms. The van der Waals surface area contributed by atoms with Gasteiger partial charge in [-0.2, -0.15) is 0 Å². The molecule has 192 valence electrons. The summed E-state index contributed by atoms with van der Waals surface area (Å²) in [6.07, 6.45) is 3.52. The number of carbonyl (C=O) groups is 1. The van der Waals surface area contributed by atoms with E-state index in [1.54, 1.807) is 55.8 Å². The van der Waals surface area contributed by atoms with Gasteiger partial charge in [-0.25, -0.2) is 14.2 Å². The van der Waals surface area contributed by atoms with Crippen molar-refractivity contribution in [3.05, 3.63) is 87.9 Å². The van der Waals surface area contributed by atoms with Gasteiger partial charge in [0.1, 0.15) is 17.2 Å². The molecule has 0 fully saturated rings. The lowest BCUT2D eigenvalue weighted by atomic mass is 10.0. The average Bonchev–Trinajstić information content (AvgIpc) is 3.29. The zero-order chi connectivity index (χ0) is 26.9. The fraction of sp³-hybridized carbons (Fsp3) is 0.214. The number of benzene rings is 3. The Balaban J connectivity index is 1.82. The van der Waals surface area contributed by atoms with Crippen molar-refractivity contribution >= 4 is 40.9 Å². The summed E-state index contributed by atoms with van der Waals surface area (Å²) in [6.45, 7) is 5.26. The number of nitrogens with zero attached hydrogens (tertiary/aromatic N) is 2. The molecule has 0 bridgehead atoms. The largest absolute Gasteiger partial charge is 0.462 e. The van der Waals surface area contributed by atoms with E-state index in [-0.39, 0.29) is 22.4 Å². The second-order valence-electron chi connectivity index (χ2n) is 8.78. The number of carbonyl (C=O) groups excluding carboxylic acids is 1. The Morgan fingerprint density at radius 2 is 1.81 bits per heavy atom. The number of aliphatic hydroxyl groups is 1. The molecule has 1 heterocycles. The van der Waals surface area contributed by atoms with E-state index >= 15 is 0 Å². The summed E-state index contributed by atoms with van der Waals surface area (Å²) in [6, 6.07) is 15.4. The van der Waals surface area contributed by atoms with Crippen molar-refractivity contribution in [2.24, 2.45) is 0 Å². The van der Waals surface area contributed by atoms with Crippen LogP contribution in [0.25, 0.3) is 28.2 Å². The van der Waals surface area contributed by atoms with E-state index in [0.717, 1.165) is 16.0 Å². The molecule has 0 atom stereocenters. The summed E-state index contributed by atoms with van der Waals surface area (Å²) in [4.78, 5) is 17.6. The minimum absolute atomic E-state index is 0.110. The third kappa shape index (κ3) is 5.55. The number of esters is 1. The van der Waals surface area contributed by atoms with Crippen LogP contribution in [-0.2, 0) is 10.3 Å².